The van der Waals surface area contributed by atoms with Gasteiger partial charge in [-0.15, -0.1) is 0 Å². The molecule has 3 aromatic carbocycles. The highest BCUT2D eigenvalue weighted by Gasteiger charge is 2.21. The lowest BCUT2D eigenvalue weighted by Gasteiger charge is -2.15. The number of nitrogens with one attached hydrogen (secondary N) is 1. The number of hydrogen-bond acceptors (Lipinski definition) is 5. The molecule has 0 aliphatic carbocycles. The average Bonchev–Trinajstić information content (AvgIpc) is 2.80. The lowest BCUT2D eigenvalue weighted by atomic mass is 9.95. The summed E-state index contributed by atoms with van der Waals surface area (Å²) in [6, 6.07) is 21.0. The number of aromatic nitrogens is 2. The van der Waals surface area contributed by atoms with E-state index >= 15 is 0 Å². The molecule has 0 amide bonds. The average molecular weight is 498 g/mol. The first-order valence-electron chi connectivity index (χ1n) is 10.4. The smallest absolute Gasteiger partial charge is 0.265 e. The van der Waals surface area contributed by atoms with Gasteiger partial charge in [0, 0.05) is 11.6 Å². The Morgan fingerprint density at radius 1 is 0.941 bits per heavy atom. The summed E-state index contributed by atoms with van der Waals surface area (Å²) in [6.07, 6.45) is 0. The highest BCUT2D eigenvalue weighted by atomic mass is 35.5. The van der Waals surface area contributed by atoms with E-state index in [1.165, 1.54) is 30.3 Å². The molecule has 0 bridgehead atoms. The quantitative estimate of drug-likeness (QED) is 0.309. The van der Waals surface area contributed by atoms with Gasteiger partial charge in [0.1, 0.15) is 4.90 Å². The normalized spacial score (nSPS) is 11.4. The van der Waals surface area contributed by atoms with Gasteiger partial charge in [-0.25, -0.2) is 22.5 Å². The van der Waals surface area contributed by atoms with Crippen molar-refractivity contribution in [2.24, 2.45) is 0 Å². The molecule has 1 aromatic heterocycles. The molecule has 0 saturated heterocycles. The maximum Gasteiger partial charge on any atom is 0.265 e. The van der Waals surface area contributed by atoms with E-state index in [4.69, 9.17) is 16.3 Å². The molecule has 4 aromatic rings. The third-order valence-corrected chi connectivity index (χ3v) is 6.79. The minimum atomic E-state index is -4.10. The first-order valence-corrected chi connectivity index (χ1v) is 12.3. The highest BCUT2D eigenvalue weighted by Crippen LogP contribution is 2.32. The molecule has 0 fully saturated rings. The lowest BCUT2D eigenvalue weighted by molar-refractivity contribution is 0.427. The van der Waals surface area contributed by atoms with Crippen molar-refractivity contribution in [2.45, 2.75) is 24.7 Å². The second-order valence-electron chi connectivity index (χ2n) is 7.73. The number of benzene rings is 3. The van der Waals surface area contributed by atoms with E-state index in [0.717, 1.165) is 11.1 Å². The summed E-state index contributed by atoms with van der Waals surface area (Å²) in [5.74, 6) is -0.717. The Kier molecular flexibility index (Phi) is 6.81. The molecule has 9 heteroatoms. The first-order chi connectivity index (χ1) is 16.2. The summed E-state index contributed by atoms with van der Waals surface area (Å²) in [6.45, 7) is 4.08. The van der Waals surface area contributed by atoms with Crippen molar-refractivity contribution in [3.05, 3.63) is 95.3 Å². The van der Waals surface area contributed by atoms with Crippen LogP contribution in [0.1, 0.15) is 25.3 Å². The van der Waals surface area contributed by atoms with E-state index in [9.17, 15) is 12.8 Å². The van der Waals surface area contributed by atoms with Crippen LogP contribution < -0.4 is 9.46 Å². The fourth-order valence-electron chi connectivity index (χ4n) is 3.37. The van der Waals surface area contributed by atoms with Gasteiger partial charge in [-0.1, -0.05) is 74.0 Å². The third kappa shape index (κ3) is 5.18. The number of rotatable bonds is 7. The molecule has 34 heavy (non-hydrogen) atoms. The second kappa shape index (κ2) is 9.79. The number of anilines is 1. The van der Waals surface area contributed by atoms with Crippen molar-refractivity contribution >= 4 is 27.6 Å². The lowest BCUT2D eigenvalue weighted by Crippen LogP contribution is -2.16. The van der Waals surface area contributed by atoms with Crippen LogP contribution >= 0.6 is 11.6 Å². The molecule has 0 atom stereocenters. The molecule has 0 aliphatic rings. The molecule has 0 radical (unpaired) electrons. The molecule has 4 rings (SSSR count). The number of ether oxygens (including phenoxy) is 1. The van der Waals surface area contributed by atoms with Crippen molar-refractivity contribution in [1.29, 1.82) is 0 Å². The summed E-state index contributed by atoms with van der Waals surface area (Å²) >= 11 is 6.09. The Labute approximate surface area is 202 Å². The van der Waals surface area contributed by atoms with Gasteiger partial charge in [-0.3, -0.25) is 0 Å². The van der Waals surface area contributed by atoms with Crippen LogP contribution in [0.15, 0.2) is 83.8 Å². The van der Waals surface area contributed by atoms with Gasteiger partial charge in [0.2, 0.25) is 11.8 Å². The van der Waals surface area contributed by atoms with Gasteiger partial charge < -0.3 is 4.74 Å². The fourth-order valence-corrected chi connectivity index (χ4v) is 4.84. The maximum absolute atomic E-state index is 14.2. The van der Waals surface area contributed by atoms with Crippen molar-refractivity contribution in [3.8, 4) is 22.9 Å². The number of nitrogens with zero attached hydrogens (tertiary/aromatic N) is 2. The van der Waals surface area contributed by atoms with E-state index in [-0.39, 0.29) is 33.4 Å². The van der Waals surface area contributed by atoms with Gasteiger partial charge in [-0.05, 0) is 35.7 Å². The van der Waals surface area contributed by atoms with E-state index in [1.807, 2.05) is 38.1 Å². The molecule has 0 spiro atoms. The summed E-state index contributed by atoms with van der Waals surface area (Å²) in [5, 5.41) is 0.0548. The number of sulfonamides is 1. The van der Waals surface area contributed by atoms with Gasteiger partial charge in [0.15, 0.2) is 11.6 Å². The van der Waals surface area contributed by atoms with Crippen LogP contribution in [0.25, 0.3) is 11.3 Å². The SMILES string of the molecule is CC(C)c1ccccc1-c1cc(Oc2ccccc2F)nc(NS(=O)(=O)c2ccccc2Cl)n1. The predicted octanol–water partition coefficient (Wildman–Crippen LogP) is 6.65. The third-order valence-electron chi connectivity index (χ3n) is 4.96. The van der Waals surface area contributed by atoms with Crippen LogP contribution in [-0.4, -0.2) is 18.4 Å². The van der Waals surface area contributed by atoms with Gasteiger partial charge in [0.05, 0.1) is 10.7 Å². The van der Waals surface area contributed by atoms with Crippen LogP contribution in [0, 0.1) is 5.82 Å². The summed E-state index contributed by atoms with van der Waals surface area (Å²) in [4.78, 5) is 8.49. The maximum atomic E-state index is 14.2. The zero-order valence-electron chi connectivity index (χ0n) is 18.4. The van der Waals surface area contributed by atoms with Crippen LogP contribution in [-0.2, 0) is 10.0 Å². The Balaban J connectivity index is 1.82. The van der Waals surface area contributed by atoms with Crippen LogP contribution in [0.5, 0.6) is 11.6 Å². The molecular weight excluding hydrogens is 477 g/mol. The summed E-state index contributed by atoms with van der Waals surface area (Å²) < 4.78 is 48.2. The Bertz CT molecular complexity index is 1450. The van der Waals surface area contributed by atoms with E-state index in [0.29, 0.717) is 5.69 Å². The molecule has 1 heterocycles. The Hall–Kier alpha value is -3.49. The molecule has 1 N–H and O–H groups in total. The first kappa shape index (κ1) is 23.7. The zero-order chi connectivity index (χ0) is 24.3. The summed E-state index contributed by atoms with van der Waals surface area (Å²) in [5.41, 5.74) is 2.19. The molecule has 0 unspecified atom stereocenters. The second-order valence-corrected chi connectivity index (χ2v) is 9.78. The largest absolute Gasteiger partial charge is 0.436 e. The minimum Gasteiger partial charge on any atom is -0.436 e. The van der Waals surface area contributed by atoms with Crippen molar-refractivity contribution in [1.82, 2.24) is 9.97 Å². The van der Waals surface area contributed by atoms with E-state index < -0.39 is 15.8 Å². The van der Waals surface area contributed by atoms with Crippen molar-refractivity contribution < 1.29 is 17.5 Å². The standard InChI is InChI=1S/C25H21ClFN3O3S/c1-16(2)17-9-3-4-10-18(17)21-15-24(33-22-13-7-6-12-20(22)27)29-25(28-21)30-34(31,32)23-14-8-5-11-19(23)26/h3-16H,1-2H3,(H,28,29,30). The predicted molar refractivity (Wildman–Crippen MR) is 130 cm³/mol. The molecular formula is C25H21ClFN3O3S. The molecule has 0 aliphatic heterocycles. The monoisotopic (exact) mass is 497 g/mol. The Morgan fingerprint density at radius 3 is 2.35 bits per heavy atom. The molecule has 0 saturated carbocycles. The van der Waals surface area contributed by atoms with Gasteiger partial charge in [-0.2, -0.15) is 4.98 Å². The van der Waals surface area contributed by atoms with E-state index in [1.54, 1.807) is 24.3 Å². The van der Waals surface area contributed by atoms with Gasteiger partial charge >= 0.3 is 0 Å². The molecule has 174 valence electrons. The number of halogens is 2. The van der Waals surface area contributed by atoms with Crippen molar-refractivity contribution in [2.75, 3.05) is 4.72 Å². The van der Waals surface area contributed by atoms with Crippen LogP contribution in [0.2, 0.25) is 5.02 Å². The summed E-state index contributed by atoms with van der Waals surface area (Å²) in [7, 11) is -4.10. The topological polar surface area (TPSA) is 81.2 Å². The minimum absolute atomic E-state index is 0.0227. The van der Waals surface area contributed by atoms with Crippen LogP contribution in [0.3, 0.4) is 0 Å². The Morgan fingerprint density at radius 2 is 1.62 bits per heavy atom. The molecule has 6 nitrogen and oxygen atoms in total. The number of para-hydroxylation sites is 1. The van der Waals surface area contributed by atoms with Gasteiger partial charge in [0.25, 0.3) is 10.0 Å². The number of hydrogen-bond donors (Lipinski definition) is 1. The highest BCUT2D eigenvalue weighted by molar-refractivity contribution is 7.92. The fraction of sp³-hybridized carbons (Fsp3) is 0.120. The van der Waals surface area contributed by atoms with Crippen LogP contribution in [0.4, 0.5) is 10.3 Å². The van der Waals surface area contributed by atoms with E-state index in [2.05, 4.69) is 14.7 Å². The van der Waals surface area contributed by atoms with Crippen molar-refractivity contribution in [3.63, 3.8) is 0 Å². The zero-order valence-corrected chi connectivity index (χ0v) is 19.9.